The fourth-order valence-electron chi connectivity index (χ4n) is 2.54. The summed E-state index contributed by atoms with van der Waals surface area (Å²) in [5, 5.41) is 0. The number of hydrogen-bond acceptors (Lipinski definition) is 4. The Balaban J connectivity index is 0. The Kier molecular flexibility index (Phi) is 12.0. The van der Waals surface area contributed by atoms with Gasteiger partial charge in [0, 0.05) is 45.3 Å². The van der Waals surface area contributed by atoms with Crippen LogP contribution >= 0.6 is 0 Å². The number of rotatable bonds is 11. The van der Waals surface area contributed by atoms with Crippen LogP contribution in [0.2, 0.25) is 6.04 Å². The summed E-state index contributed by atoms with van der Waals surface area (Å²) in [5.41, 5.74) is 3.57. The largest absolute Gasteiger partial charge is 1.00 e. The number of hydrogen-bond donors (Lipinski definition) is 1. The Bertz CT molecular complexity index is 370. The van der Waals surface area contributed by atoms with Crippen LogP contribution in [-0.4, -0.2) is 60.8 Å². The van der Waals surface area contributed by atoms with Gasteiger partial charge in [0.15, 0.2) is 0 Å². The molecule has 0 saturated heterocycles. The van der Waals surface area contributed by atoms with E-state index in [1.165, 1.54) is 0 Å². The van der Waals surface area contributed by atoms with E-state index in [4.69, 9.17) is 13.3 Å². The third-order valence-corrected chi connectivity index (χ3v) is 6.43. The maximum absolute atomic E-state index is 12.0. The van der Waals surface area contributed by atoms with Gasteiger partial charge in [-0.2, -0.15) is 5.43 Å². The second-order valence-corrected chi connectivity index (χ2v) is 9.41. The van der Waals surface area contributed by atoms with Gasteiger partial charge in [-0.05, 0) is 6.92 Å². The number of nitrogens with zero attached hydrogens (tertiary/aromatic N) is 1. The maximum atomic E-state index is 12.0. The van der Waals surface area contributed by atoms with Crippen molar-refractivity contribution in [3.8, 4) is 0 Å². The molecule has 1 N–H and O–H groups in total. The minimum atomic E-state index is -2.56. The van der Waals surface area contributed by atoms with Gasteiger partial charge >= 0.3 is 8.80 Å². The Morgan fingerprint density at radius 1 is 1.22 bits per heavy atom. The van der Waals surface area contributed by atoms with E-state index >= 15 is 0 Å². The predicted octanol–water partition coefficient (Wildman–Crippen LogP) is -1.03. The molecule has 0 bridgehead atoms. The number of quaternary nitrogens is 1. The van der Waals surface area contributed by atoms with Crippen LogP contribution in [0.25, 0.3) is 0 Å². The molecular formula is C15H33ClN2O4Si. The lowest BCUT2D eigenvalue weighted by Crippen LogP contribution is -3.00. The standard InChI is InChI=1S/C15H32N2O4Si.ClH/c1-13(2)12-17(5,16-15(18)14(3)4)10-9-11-22(19-6,20-7)21-8;/h13H,3,9-12H2,1-2,4-8H3;1H. The third kappa shape index (κ3) is 8.83. The SMILES string of the molecule is C=C(C)C(=O)N[N+](C)(CCC[Si](OC)(OC)OC)CC(C)C.[Cl-]. The van der Waals surface area contributed by atoms with E-state index in [2.05, 4.69) is 25.9 Å². The summed E-state index contributed by atoms with van der Waals surface area (Å²) < 4.78 is 16.8. The molecule has 0 spiro atoms. The molecule has 138 valence electrons. The van der Waals surface area contributed by atoms with Gasteiger partial charge in [0.1, 0.15) is 13.1 Å². The number of amides is 1. The van der Waals surface area contributed by atoms with Crippen LogP contribution in [0.15, 0.2) is 12.2 Å². The molecule has 8 heteroatoms. The van der Waals surface area contributed by atoms with Crippen molar-refractivity contribution in [3.63, 3.8) is 0 Å². The van der Waals surface area contributed by atoms with Crippen LogP contribution < -0.4 is 17.8 Å². The lowest BCUT2D eigenvalue weighted by atomic mass is 10.2. The number of nitrogens with one attached hydrogen (secondary N) is 1. The first kappa shape index (κ1) is 24.8. The zero-order chi connectivity index (χ0) is 17.4. The van der Waals surface area contributed by atoms with Gasteiger partial charge in [-0.15, -0.1) is 0 Å². The van der Waals surface area contributed by atoms with Gasteiger partial charge in [-0.3, -0.25) is 4.79 Å². The van der Waals surface area contributed by atoms with Crippen molar-refractivity contribution in [1.29, 1.82) is 0 Å². The van der Waals surface area contributed by atoms with Crippen LogP contribution in [0.1, 0.15) is 27.2 Å². The number of carbonyl (C=O) groups excluding carboxylic acids is 1. The lowest BCUT2D eigenvalue weighted by Gasteiger charge is -2.36. The molecule has 0 aliphatic carbocycles. The molecule has 0 aromatic heterocycles. The molecule has 1 amide bonds. The van der Waals surface area contributed by atoms with Crippen molar-refractivity contribution in [3.05, 3.63) is 12.2 Å². The molecule has 0 fully saturated rings. The van der Waals surface area contributed by atoms with Crippen LogP contribution in [0.3, 0.4) is 0 Å². The van der Waals surface area contributed by atoms with Crippen LogP contribution in [0.5, 0.6) is 0 Å². The minimum Gasteiger partial charge on any atom is -1.00 e. The van der Waals surface area contributed by atoms with Crippen molar-refractivity contribution in [2.24, 2.45) is 5.92 Å². The van der Waals surface area contributed by atoms with Gasteiger partial charge < -0.3 is 25.7 Å². The van der Waals surface area contributed by atoms with E-state index in [1.807, 2.05) is 7.05 Å². The molecule has 1 atom stereocenters. The summed E-state index contributed by atoms with van der Waals surface area (Å²) in [6.07, 6.45) is 0.835. The molecule has 0 rings (SSSR count). The zero-order valence-corrected chi connectivity index (χ0v) is 17.3. The van der Waals surface area contributed by atoms with E-state index in [0.29, 0.717) is 22.1 Å². The Labute approximate surface area is 148 Å². The molecule has 0 aromatic carbocycles. The molecule has 0 aromatic rings. The summed E-state index contributed by atoms with van der Waals surface area (Å²) >= 11 is 0. The van der Waals surface area contributed by atoms with Crippen LogP contribution in [-0.2, 0) is 18.1 Å². The van der Waals surface area contributed by atoms with Crippen molar-refractivity contribution < 1.29 is 35.1 Å². The molecule has 6 nitrogen and oxygen atoms in total. The van der Waals surface area contributed by atoms with Crippen molar-refractivity contribution >= 4 is 14.7 Å². The Hall–Kier alpha value is -0.443. The average molecular weight is 369 g/mol. The molecule has 0 aliphatic heterocycles. The van der Waals surface area contributed by atoms with Crippen molar-refractivity contribution in [2.75, 3.05) is 41.5 Å². The van der Waals surface area contributed by atoms with E-state index < -0.39 is 8.80 Å². The highest BCUT2D eigenvalue weighted by atomic mass is 35.5. The van der Waals surface area contributed by atoms with E-state index in [9.17, 15) is 4.79 Å². The van der Waals surface area contributed by atoms with Crippen LogP contribution in [0, 0.1) is 5.92 Å². The number of carbonyl (C=O) groups is 1. The average Bonchev–Trinajstić information content (AvgIpc) is 2.43. The second-order valence-electron chi connectivity index (χ2n) is 6.32. The minimum absolute atomic E-state index is 0. The number of halogens is 1. The highest BCUT2D eigenvalue weighted by Gasteiger charge is 2.38. The molecule has 0 aliphatic rings. The second kappa shape index (κ2) is 11.2. The monoisotopic (exact) mass is 368 g/mol. The Morgan fingerprint density at radius 2 is 1.70 bits per heavy atom. The van der Waals surface area contributed by atoms with Gasteiger partial charge in [-0.1, -0.05) is 20.4 Å². The van der Waals surface area contributed by atoms with Gasteiger partial charge in [-0.25, -0.2) is 4.59 Å². The summed E-state index contributed by atoms with van der Waals surface area (Å²) in [6, 6.07) is 0.714. The normalized spacial score (nSPS) is 14.1. The first-order valence-corrected chi connectivity index (χ1v) is 9.55. The predicted molar refractivity (Wildman–Crippen MR) is 89.9 cm³/mol. The molecular weight excluding hydrogens is 336 g/mol. The Morgan fingerprint density at radius 3 is 2.04 bits per heavy atom. The molecule has 0 radical (unpaired) electrons. The quantitative estimate of drug-likeness (QED) is 0.219. The van der Waals surface area contributed by atoms with E-state index in [-0.39, 0.29) is 18.3 Å². The zero-order valence-electron chi connectivity index (χ0n) is 15.6. The topological polar surface area (TPSA) is 56.8 Å². The fraction of sp³-hybridized carbons (Fsp3) is 0.800. The summed E-state index contributed by atoms with van der Waals surface area (Å²) in [5.74, 6) is 0.349. The third-order valence-electron chi connectivity index (χ3n) is 3.59. The van der Waals surface area contributed by atoms with Gasteiger partial charge in [0.2, 0.25) is 0 Å². The highest BCUT2D eigenvalue weighted by molar-refractivity contribution is 6.60. The molecule has 0 saturated carbocycles. The van der Waals surface area contributed by atoms with Gasteiger partial charge in [0.05, 0.1) is 7.05 Å². The molecule has 23 heavy (non-hydrogen) atoms. The lowest BCUT2D eigenvalue weighted by molar-refractivity contribution is -0.946. The van der Waals surface area contributed by atoms with Crippen LogP contribution in [0.4, 0.5) is 0 Å². The van der Waals surface area contributed by atoms with Crippen molar-refractivity contribution in [1.82, 2.24) is 5.43 Å². The molecule has 0 heterocycles. The van der Waals surface area contributed by atoms with E-state index in [1.54, 1.807) is 28.3 Å². The van der Waals surface area contributed by atoms with E-state index in [0.717, 1.165) is 19.5 Å². The first-order valence-electron chi connectivity index (χ1n) is 7.61. The van der Waals surface area contributed by atoms with Crippen molar-refractivity contribution in [2.45, 2.75) is 33.2 Å². The maximum Gasteiger partial charge on any atom is 0.500 e. The molecule has 1 unspecified atom stereocenters. The van der Waals surface area contributed by atoms with Gasteiger partial charge in [0.25, 0.3) is 5.91 Å². The smallest absolute Gasteiger partial charge is 0.500 e. The fourth-order valence-corrected chi connectivity index (χ4v) is 4.24. The highest BCUT2D eigenvalue weighted by Crippen LogP contribution is 2.17. The summed E-state index contributed by atoms with van der Waals surface area (Å²) in [6.45, 7) is 11.3. The summed E-state index contributed by atoms with van der Waals surface area (Å²) in [4.78, 5) is 12.0. The summed E-state index contributed by atoms with van der Waals surface area (Å²) in [7, 11) is 4.31. The first-order chi connectivity index (χ1) is 10.1.